The van der Waals surface area contributed by atoms with Crippen LogP contribution < -0.4 is 0 Å². The van der Waals surface area contributed by atoms with E-state index in [0.717, 1.165) is 12.5 Å². The van der Waals surface area contributed by atoms with Crippen LogP contribution in [0.3, 0.4) is 0 Å². The van der Waals surface area contributed by atoms with Crippen molar-refractivity contribution in [1.29, 1.82) is 0 Å². The highest BCUT2D eigenvalue weighted by Gasteiger charge is 2.18. The van der Waals surface area contributed by atoms with Crippen LogP contribution in [0.5, 0.6) is 0 Å². The second kappa shape index (κ2) is 5.73. The number of aromatic nitrogens is 2. The Hall–Kier alpha value is -1.46. The Balaban J connectivity index is 2.07. The number of benzene rings is 1. The third-order valence-electron chi connectivity index (χ3n) is 3.32. The largest absolute Gasteiger partial charge is 0.326 e. The topological polar surface area (TPSA) is 17.8 Å². The minimum Gasteiger partial charge on any atom is -0.326 e. The number of hydrogen-bond donors (Lipinski definition) is 0. The number of imidazole rings is 1. The van der Waals surface area contributed by atoms with Gasteiger partial charge in [-0.25, -0.2) is 13.8 Å². The van der Waals surface area contributed by atoms with Crippen LogP contribution in [-0.2, 0) is 13.0 Å². The van der Waals surface area contributed by atoms with Crippen LogP contribution in [0, 0.1) is 11.6 Å². The molecule has 0 aliphatic rings. The summed E-state index contributed by atoms with van der Waals surface area (Å²) in [7, 11) is 0. The highest BCUT2D eigenvalue weighted by molar-refractivity contribution is 7.09. The van der Waals surface area contributed by atoms with Gasteiger partial charge in [0.2, 0.25) is 0 Å². The summed E-state index contributed by atoms with van der Waals surface area (Å²) in [4.78, 5) is 5.46. The number of nitrogens with zero attached hydrogens (tertiary/aromatic N) is 2. The molecular weight excluding hydrogens is 314 g/mol. The van der Waals surface area contributed by atoms with Gasteiger partial charge in [-0.15, -0.1) is 22.9 Å². The van der Waals surface area contributed by atoms with Gasteiger partial charge in [-0.05, 0) is 30.9 Å². The Bertz CT molecular complexity index is 766. The van der Waals surface area contributed by atoms with Crippen LogP contribution in [-0.4, -0.2) is 9.55 Å². The Morgan fingerprint density at radius 3 is 2.86 bits per heavy atom. The molecule has 1 unspecified atom stereocenters. The normalized spacial score (nSPS) is 13.0. The second-order valence-electron chi connectivity index (χ2n) is 4.82. The van der Waals surface area contributed by atoms with E-state index < -0.39 is 11.6 Å². The molecule has 1 aromatic carbocycles. The van der Waals surface area contributed by atoms with E-state index >= 15 is 0 Å². The average Bonchev–Trinajstić information content (AvgIpc) is 3.03. The molecule has 6 heteroatoms. The van der Waals surface area contributed by atoms with Gasteiger partial charge in [0.1, 0.15) is 17.2 Å². The van der Waals surface area contributed by atoms with Gasteiger partial charge in [-0.3, -0.25) is 0 Å². The zero-order valence-corrected chi connectivity index (χ0v) is 12.9. The molecule has 0 fully saturated rings. The van der Waals surface area contributed by atoms with Crippen LogP contribution in [0.2, 0.25) is 0 Å². The lowest BCUT2D eigenvalue weighted by atomic mass is 10.2. The number of rotatable bonds is 4. The van der Waals surface area contributed by atoms with Crippen LogP contribution in [0.25, 0.3) is 11.0 Å². The first-order valence-electron chi connectivity index (χ1n) is 6.58. The zero-order valence-electron chi connectivity index (χ0n) is 11.3. The maximum Gasteiger partial charge on any atom is 0.153 e. The molecule has 2 nitrogen and oxygen atoms in total. The molecular formula is C15H13ClF2N2S. The van der Waals surface area contributed by atoms with Crippen LogP contribution >= 0.6 is 22.9 Å². The molecule has 110 valence electrons. The first kappa shape index (κ1) is 14.5. The van der Waals surface area contributed by atoms with E-state index in [1.54, 1.807) is 22.8 Å². The lowest BCUT2D eigenvalue weighted by Crippen LogP contribution is -2.06. The highest BCUT2D eigenvalue weighted by atomic mass is 35.5. The van der Waals surface area contributed by atoms with Crippen molar-refractivity contribution in [2.24, 2.45) is 0 Å². The summed E-state index contributed by atoms with van der Waals surface area (Å²) in [5.41, 5.74) is 0.622. The fraction of sp³-hybridized carbons (Fsp3) is 0.267. The number of fused-ring (bicyclic) bond motifs is 1. The molecule has 3 rings (SSSR count). The first-order valence-corrected chi connectivity index (χ1v) is 7.89. The van der Waals surface area contributed by atoms with Gasteiger partial charge in [0, 0.05) is 17.5 Å². The third kappa shape index (κ3) is 2.80. The molecule has 0 spiro atoms. The van der Waals surface area contributed by atoms with Gasteiger partial charge >= 0.3 is 0 Å². The number of hydrogen-bond acceptors (Lipinski definition) is 2. The Labute approximate surface area is 130 Å². The smallest absolute Gasteiger partial charge is 0.153 e. The zero-order chi connectivity index (χ0) is 15.0. The van der Waals surface area contributed by atoms with Crippen LogP contribution in [0.4, 0.5) is 8.78 Å². The summed E-state index contributed by atoms with van der Waals surface area (Å²) < 4.78 is 29.2. The minimum atomic E-state index is -0.654. The SMILES string of the molecule is CC(Cl)c1nc2c(F)cc(F)cc2n1CCc1cccs1. The van der Waals surface area contributed by atoms with Gasteiger partial charge < -0.3 is 4.57 Å². The maximum atomic E-state index is 13.9. The van der Waals surface area contributed by atoms with E-state index in [4.69, 9.17) is 11.6 Å². The third-order valence-corrected chi connectivity index (χ3v) is 4.45. The molecule has 0 bridgehead atoms. The van der Waals surface area contributed by atoms with Gasteiger partial charge in [0.05, 0.1) is 10.9 Å². The van der Waals surface area contributed by atoms with Gasteiger partial charge in [-0.1, -0.05) is 6.07 Å². The number of alkyl halides is 1. The fourth-order valence-electron chi connectivity index (χ4n) is 2.38. The molecule has 0 radical (unpaired) electrons. The van der Waals surface area contributed by atoms with Crippen LogP contribution in [0.15, 0.2) is 29.6 Å². The van der Waals surface area contributed by atoms with Crippen molar-refractivity contribution >= 4 is 34.0 Å². The number of aryl methyl sites for hydroxylation is 2. The van der Waals surface area contributed by atoms with E-state index in [0.29, 0.717) is 17.9 Å². The molecule has 1 atom stereocenters. The van der Waals surface area contributed by atoms with Crippen molar-refractivity contribution in [2.45, 2.75) is 25.3 Å². The molecule has 21 heavy (non-hydrogen) atoms. The summed E-state index contributed by atoms with van der Waals surface area (Å²) >= 11 is 7.79. The Kier molecular flexibility index (Phi) is 3.95. The van der Waals surface area contributed by atoms with Crippen molar-refractivity contribution in [2.75, 3.05) is 0 Å². The summed E-state index contributed by atoms with van der Waals surface area (Å²) in [5.74, 6) is -0.697. The quantitative estimate of drug-likeness (QED) is 0.622. The van der Waals surface area contributed by atoms with Gasteiger partial charge in [0.25, 0.3) is 0 Å². The Morgan fingerprint density at radius 1 is 1.38 bits per heavy atom. The number of halogens is 3. The minimum absolute atomic E-state index is 0.171. The summed E-state index contributed by atoms with van der Waals surface area (Å²) in [6.45, 7) is 2.37. The van der Waals surface area contributed by atoms with E-state index in [1.165, 1.54) is 10.9 Å². The summed E-state index contributed by atoms with van der Waals surface area (Å²) in [5, 5.41) is 1.63. The van der Waals surface area contributed by atoms with Crippen molar-refractivity contribution in [3.63, 3.8) is 0 Å². The standard InChI is InChI=1S/C15H13ClF2N2S/c1-9(16)15-19-14-12(18)7-10(17)8-13(14)20(15)5-4-11-3-2-6-21-11/h2-3,6-9H,4-5H2,1H3. The highest BCUT2D eigenvalue weighted by Crippen LogP contribution is 2.27. The fourth-order valence-corrected chi connectivity index (χ4v) is 3.25. The molecule has 0 aliphatic heterocycles. The van der Waals surface area contributed by atoms with E-state index in [-0.39, 0.29) is 10.9 Å². The first-order chi connectivity index (χ1) is 10.1. The Morgan fingerprint density at radius 2 is 2.19 bits per heavy atom. The molecule has 0 aliphatic carbocycles. The summed E-state index contributed by atoms with van der Waals surface area (Å²) in [6, 6.07) is 6.18. The van der Waals surface area contributed by atoms with E-state index in [9.17, 15) is 8.78 Å². The van der Waals surface area contributed by atoms with Crippen molar-refractivity contribution in [3.05, 3.63) is 52.0 Å². The molecule has 0 saturated carbocycles. The van der Waals surface area contributed by atoms with Crippen molar-refractivity contribution < 1.29 is 8.78 Å². The molecule has 2 aromatic heterocycles. The van der Waals surface area contributed by atoms with Crippen molar-refractivity contribution in [1.82, 2.24) is 9.55 Å². The molecule has 0 saturated heterocycles. The lowest BCUT2D eigenvalue weighted by molar-refractivity contribution is 0.589. The lowest BCUT2D eigenvalue weighted by Gasteiger charge is -2.09. The number of thiophene rings is 1. The van der Waals surface area contributed by atoms with Gasteiger partial charge in [-0.2, -0.15) is 0 Å². The molecule has 2 heterocycles. The van der Waals surface area contributed by atoms with E-state index in [2.05, 4.69) is 4.98 Å². The van der Waals surface area contributed by atoms with E-state index in [1.807, 2.05) is 17.5 Å². The average molecular weight is 327 g/mol. The predicted molar refractivity (Wildman–Crippen MR) is 81.9 cm³/mol. The van der Waals surface area contributed by atoms with Crippen molar-refractivity contribution in [3.8, 4) is 0 Å². The maximum absolute atomic E-state index is 13.9. The molecule has 0 N–H and O–H groups in total. The van der Waals surface area contributed by atoms with Crippen LogP contribution in [0.1, 0.15) is 23.0 Å². The summed E-state index contributed by atoms with van der Waals surface area (Å²) in [6.07, 6.45) is 0.776. The van der Waals surface area contributed by atoms with Gasteiger partial charge in [0.15, 0.2) is 5.82 Å². The monoisotopic (exact) mass is 326 g/mol. The molecule has 3 aromatic rings. The predicted octanol–water partition coefficient (Wildman–Crippen LogP) is 4.92. The molecule has 0 amide bonds. The second-order valence-corrected chi connectivity index (χ2v) is 6.51.